The Bertz CT molecular complexity index is 312. The summed E-state index contributed by atoms with van der Waals surface area (Å²) in [5.74, 6) is 1.47. The van der Waals surface area contributed by atoms with Crippen molar-refractivity contribution < 1.29 is 10.2 Å². The molecular formula is C12H18O2S. The fourth-order valence-electron chi connectivity index (χ4n) is 1.26. The fraction of sp³-hybridized carbons (Fsp3) is 0.500. The number of aliphatic hydroxyl groups is 2. The first-order valence-corrected chi connectivity index (χ1v) is 6.21. The molecule has 15 heavy (non-hydrogen) atoms. The van der Waals surface area contributed by atoms with Crippen LogP contribution >= 0.6 is 11.8 Å². The summed E-state index contributed by atoms with van der Waals surface area (Å²) in [5, 5.41) is 17.8. The van der Waals surface area contributed by atoms with Gasteiger partial charge in [0.25, 0.3) is 0 Å². The third-order valence-corrected chi connectivity index (χ3v) is 3.52. The summed E-state index contributed by atoms with van der Waals surface area (Å²) in [5.41, 5.74) is 3.88. The first kappa shape index (κ1) is 12.6. The van der Waals surface area contributed by atoms with Crippen molar-refractivity contribution >= 4 is 11.8 Å². The number of rotatable bonds is 5. The van der Waals surface area contributed by atoms with Crippen molar-refractivity contribution in [3.05, 3.63) is 34.9 Å². The number of hydrogen-bond donors (Lipinski definition) is 2. The van der Waals surface area contributed by atoms with E-state index in [0.717, 1.165) is 5.75 Å². The molecule has 0 aliphatic heterocycles. The number of benzene rings is 1. The topological polar surface area (TPSA) is 40.5 Å². The molecule has 0 saturated heterocycles. The predicted octanol–water partition coefficient (Wildman–Crippen LogP) is 1.89. The molecule has 0 heterocycles. The Hall–Kier alpha value is -0.510. The summed E-state index contributed by atoms with van der Waals surface area (Å²) in [6.07, 6.45) is -0.596. The molecule has 0 bridgehead atoms. The van der Waals surface area contributed by atoms with Gasteiger partial charge in [0.2, 0.25) is 0 Å². The third kappa shape index (κ3) is 4.24. The minimum atomic E-state index is -0.596. The zero-order valence-electron chi connectivity index (χ0n) is 9.23. The second-order valence-corrected chi connectivity index (χ2v) is 4.80. The molecule has 0 spiro atoms. The monoisotopic (exact) mass is 226 g/mol. The first-order valence-electron chi connectivity index (χ1n) is 5.06. The van der Waals surface area contributed by atoms with Crippen LogP contribution in [0.2, 0.25) is 0 Å². The van der Waals surface area contributed by atoms with Crippen LogP contribution in [0.4, 0.5) is 0 Å². The van der Waals surface area contributed by atoms with Gasteiger partial charge < -0.3 is 10.2 Å². The molecule has 0 aromatic heterocycles. The van der Waals surface area contributed by atoms with E-state index in [1.807, 2.05) is 0 Å². The zero-order valence-corrected chi connectivity index (χ0v) is 10.0. The van der Waals surface area contributed by atoms with Crippen LogP contribution in [-0.2, 0) is 5.75 Å². The van der Waals surface area contributed by atoms with Crippen molar-refractivity contribution in [2.45, 2.75) is 25.7 Å². The number of aryl methyl sites for hydroxylation is 2. The summed E-state index contributed by atoms with van der Waals surface area (Å²) in [6, 6.07) is 6.40. The summed E-state index contributed by atoms with van der Waals surface area (Å²) in [4.78, 5) is 0. The van der Waals surface area contributed by atoms with Crippen LogP contribution < -0.4 is 0 Å². The van der Waals surface area contributed by atoms with Crippen LogP contribution in [0.3, 0.4) is 0 Å². The summed E-state index contributed by atoms with van der Waals surface area (Å²) in [6.45, 7) is 4.05. The molecule has 0 aliphatic carbocycles. The second-order valence-electron chi connectivity index (χ2n) is 3.77. The molecule has 2 nitrogen and oxygen atoms in total. The average Bonchev–Trinajstić information content (AvgIpc) is 2.23. The van der Waals surface area contributed by atoms with Crippen LogP contribution in [0.15, 0.2) is 18.2 Å². The predicted molar refractivity (Wildman–Crippen MR) is 65.2 cm³/mol. The van der Waals surface area contributed by atoms with Gasteiger partial charge in [0.15, 0.2) is 0 Å². The Morgan fingerprint density at radius 3 is 2.60 bits per heavy atom. The van der Waals surface area contributed by atoms with Gasteiger partial charge in [-0.25, -0.2) is 0 Å². The highest BCUT2D eigenvalue weighted by Crippen LogP contribution is 2.16. The molecular weight excluding hydrogens is 208 g/mol. The zero-order chi connectivity index (χ0) is 11.3. The highest BCUT2D eigenvalue weighted by Gasteiger charge is 2.02. The third-order valence-electron chi connectivity index (χ3n) is 2.36. The van der Waals surface area contributed by atoms with Crippen LogP contribution in [0, 0.1) is 13.8 Å². The molecule has 1 rings (SSSR count). The van der Waals surface area contributed by atoms with Gasteiger partial charge in [0, 0.05) is 11.5 Å². The van der Waals surface area contributed by atoms with Crippen LogP contribution in [0.1, 0.15) is 16.7 Å². The lowest BCUT2D eigenvalue weighted by Crippen LogP contribution is -2.14. The number of hydrogen-bond acceptors (Lipinski definition) is 3. The SMILES string of the molecule is Cc1ccc(CSCC(O)CO)cc1C. The van der Waals surface area contributed by atoms with E-state index in [-0.39, 0.29) is 6.61 Å². The molecule has 0 aliphatic rings. The first-order chi connectivity index (χ1) is 7.13. The van der Waals surface area contributed by atoms with Crippen molar-refractivity contribution in [3.8, 4) is 0 Å². The quantitative estimate of drug-likeness (QED) is 0.805. The maximum atomic E-state index is 9.16. The second kappa shape index (κ2) is 6.16. The van der Waals surface area contributed by atoms with E-state index in [9.17, 15) is 0 Å². The number of thioether (sulfide) groups is 1. The maximum absolute atomic E-state index is 9.16. The van der Waals surface area contributed by atoms with Gasteiger partial charge >= 0.3 is 0 Å². The smallest absolute Gasteiger partial charge is 0.0861 e. The molecule has 84 valence electrons. The van der Waals surface area contributed by atoms with Crippen LogP contribution in [0.25, 0.3) is 0 Å². The van der Waals surface area contributed by atoms with Crippen molar-refractivity contribution in [2.24, 2.45) is 0 Å². The highest BCUT2D eigenvalue weighted by atomic mass is 32.2. The van der Waals surface area contributed by atoms with E-state index in [2.05, 4.69) is 32.0 Å². The molecule has 1 unspecified atom stereocenters. The molecule has 1 atom stereocenters. The standard InChI is InChI=1S/C12H18O2S/c1-9-3-4-11(5-10(9)2)7-15-8-12(14)6-13/h3-5,12-14H,6-8H2,1-2H3. The van der Waals surface area contributed by atoms with Gasteiger partial charge in [0.1, 0.15) is 0 Å². The molecule has 1 aromatic rings. The van der Waals surface area contributed by atoms with Crippen LogP contribution in [-0.4, -0.2) is 28.7 Å². The van der Waals surface area contributed by atoms with Gasteiger partial charge in [-0.15, -0.1) is 0 Å². The Balaban J connectivity index is 2.41. The molecule has 1 aromatic carbocycles. The van der Waals surface area contributed by atoms with E-state index in [1.54, 1.807) is 11.8 Å². The van der Waals surface area contributed by atoms with Crippen LogP contribution in [0.5, 0.6) is 0 Å². The molecule has 0 saturated carbocycles. The Morgan fingerprint density at radius 1 is 1.27 bits per heavy atom. The highest BCUT2D eigenvalue weighted by molar-refractivity contribution is 7.98. The minimum absolute atomic E-state index is 0.153. The van der Waals surface area contributed by atoms with Gasteiger partial charge in [-0.1, -0.05) is 18.2 Å². The molecule has 0 radical (unpaired) electrons. The molecule has 0 amide bonds. The average molecular weight is 226 g/mol. The van der Waals surface area contributed by atoms with Crippen molar-refractivity contribution in [1.29, 1.82) is 0 Å². The summed E-state index contributed by atoms with van der Waals surface area (Å²) < 4.78 is 0. The van der Waals surface area contributed by atoms with E-state index in [1.165, 1.54) is 16.7 Å². The van der Waals surface area contributed by atoms with E-state index < -0.39 is 6.10 Å². The Morgan fingerprint density at radius 2 is 2.00 bits per heavy atom. The largest absolute Gasteiger partial charge is 0.394 e. The lowest BCUT2D eigenvalue weighted by atomic mass is 10.1. The van der Waals surface area contributed by atoms with E-state index in [4.69, 9.17) is 10.2 Å². The van der Waals surface area contributed by atoms with Gasteiger partial charge in [-0.3, -0.25) is 0 Å². The Labute approximate surface area is 95.3 Å². The van der Waals surface area contributed by atoms with Gasteiger partial charge in [-0.05, 0) is 30.5 Å². The van der Waals surface area contributed by atoms with Gasteiger partial charge in [0.05, 0.1) is 12.7 Å². The minimum Gasteiger partial charge on any atom is -0.394 e. The summed E-state index contributed by atoms with van der Waals surface area (Å²) in [7, 11) is 0. The van der Waals surface area contributed by atoms with Gasteiger partial charge in [-0.2, -0.15) is 11.8 Å². The molecule has 3 heteroatoms. The summed E-state index contributed by atoms with van der Waals surface area (Å²) >= 11 is 1.64. The maximum Gasteiger partial charge on any atom is 0.0861 e. The van der Waals surface area contributed by atoms with Crippen molar-refractivity contribution in [1.82, 2.24) is 0 Å². The Kier molecular flexibility index (Phi) is 5.15. The normalized spacial score (nSPS) is 12.8. The van der Waals surface area contributed by atoms with Crippen molar-refractivity contribution in [3.63, 3.8) is 0 Å². The number of aliphatic hydroxyl groups excluding tert-OH is 2. The fourth-order valence-corrected chi connectivity index (χ4v) is 2.17. The lowest BCUT2D eigenvalue weighted by Gasteiger charge is -2.07. The van der Waals surface area contributed by atoms with E-state index in [0.29, 0.717) is 5.75 Å². The van der Waals surface area contributed by atoms with E-state index >= 15 is 0 Å². The lowest BCUT2D eigenvalue weighted by molar-refractivity contribution is 0.113. The van der Waals surface area contributed by atoms with Crippen molar-refractivity contribution in [2.75, 3.05) is 12.4 Å². The molecule has 2 N–H and O–H groups in total. The molecule has 0 fully saturated rings.